The monoisotopic (exact) mass is 687 g/mol. The molecule has 266 valence electrons. The van der Waals surface area contributed by atoms with E-state index in [4.69, 9.17) is 33.5 Å². The van der Waals surface area contributed by atoms with Crippen molar-refractivity contribution in [1.29, 1.82) is 0 Å². The van der Waals surface area contributed by atoms with Gasteiger partial charge in [-0.25, -0.2) is 23.3 Å². The molecule has 0 aliphatic carbocycles. The summed E-state index contributed by atoms with van der Waals surface area (Å²) in [4.78, 5) is 62.0. The molecule has 0 spiro atoms. The number of halogens is 1. The van der Waals surface area contributed by atoms with Gasteiger partial charge in [-0.05, 0) is 18.9 Å². The molecule has 0 saturated heterocycles. The van der Waals surface area contributed by atoms with Crippen molar-refractivity contribution in [3.8, 4) is 0 Å². The van der Waals surface area contributed by atoms with Crippen molar-refractivity contribution in [2.45, 2.75) is 66.3 Å². The largest absolute Gasteiger partial charge is 0.480 e. The molecule has 0 fully saturated rings. The van der Waals surface area contributed by atoms with Crippen LogP contribution in [0.25, 0.3) is 0 Å². The van der Waals surface area contributed by atoms with E-state index in [-0.39, 0.29) is 5.92 Å². The van der Waals surface area contributed by atoms with E-state index in [1.165, 1.54) is 27.7 Å². The molecule has 4 atom stereocenters. The number of aliphatic hydroxyl groups excluding tert-OH is 1. The van der Waals surface area contributed by atoms with Crippen LogP contribution in [0.4, 0.5) is 9.18 Å². The van der Waals surface area contributed by atoms with Crippen LogP contribution < -0.4 is 5.73 Å². The lowest BCUT2D eigenvalue weighted by Crippen LogP contribution is -2.61. The number of alkyl halides is 1. The third-order valence-electron chi connectivity index (χ3n) is 6.38. The molecule has 0 aliphatic rings. The highest BCUT2D eigenvalue weighted by molar-refractivity contribution is 7.48. The van der Waals surface area contributed by atoms with Gasteiger partial charge in [0.15, 0.2) is 12.5 Å². The van der Waals surface area contributed by atoms with Crippen molar-refractivity contribution in [3.63, 3.8) is 0 Å². The fourth-order valence-electron chi connectivity index (χ4n) is 2.99. The summed E-state index contributed by atoms with van der Waals surface area (Å²) in [5.41, 5.74) is 3.08. The first-order chi connectivity index (χ1) is 21.2. The lowest BCUT2D eigenvalue weighted by atomic mass is 9.95. The third-order valence-corrected chi connectivity index (χ3v) is 7.69. The maximum Gasteiger partial charge on any atom is 0.480 e. The van der Waals surface area contributed by atoms with E-state index in [2.05, 4.69) is 6.58 Å². The van der Waals surface area contributed by atoms with Crippen LogP contribution in [0.15, 0.2) is 12.7 Å². The Labute approximate surface area is 267 Å². The van der Waals surface area contributed by atoms with Crippen molar-refractivity contribution in [2.75, 3.05) is 40.6 Å². The van der Waals surface area contributed by atoms with Gasteiger partial charge in [-0.1, -0.05) is 48.1 Å². The van der Waals surface area contributed by atoms with Crippen molar-refractivity contribution < 1.29 is 70.9 Å². The SMILES string of the molecule is C=CC(=O)N(COC(=O)C(N)C(C)C)C(=O)N(C)[C@](C)(O)[C@H](O)C(CF)COP(=O)(OCOC(=O)C(C)C)OCOC(=O)C(C)C. The maximum atomic E-state index is 14.2. The summed E-state index contributed by atoms with van der Waals surface area (Å²) < 4.78 is 56.8. The number of hydrogen-bond acceptors (Lipinski definition) is 15. The Morgan fingerprint density at radius 1 is 0.935 bits per heavy atom. The van der Waals surface area contributed by atoms with E-state index in [1.807, 2.05) is 0 Å². The number of nitrogens with two attached hydrogens (primary N) is 1. The normalized spacial score (nSPS) is 15.0. The van der Waals surface area contributed by atoms with Crippen LogP contribution in [-0.4, -0.2) is 108 Å². The Morgan fingerprint density at radius 3 is 1.80 bits per heavy atom. The van der Waals surface area contributed by atoms with E-state index in [0.29, 0.717) is 9.80 Å². The molecule has 4 N–H and O–H groups in total. The topological polar surface area (TPSA) is 231 Å². The van der Waals surface area contributed by atoms with Gasteiger partial charge >= 0.3 is 31.8 Å². The summed E-state index contributed by atoms with van der Waals surface area (Å²) in [7, 11) is -3.82. The highest BCUT2D eigenvalue weighted by Gasteiger charge is 2.45. The third kappa shape index (κ3) is 13.4. The number of amides is 3. The van der Waals surface area contributed by atoms with Gasteiger partial charge in [0.2, 0.25) is 13.6 Å². The predicted octanol–water partition coefficient (Wildman–Crippen LogP) is 1.66. The average molecular weight is 688 g/mol. The molecule has 0 saturated carbocycles. The maximum absolute atomic E-state index is 14.2. The van der Waals surface area contributed by atoms with Crippen molar-refractivity contribution in [2.24, 2.45) is 29.4 Å². The van der Waals surface area contributed by atoms with Crippen LogP contribution in [-0.2, 0) is 51.5 Å². The van der Waals surface area contributed by atoms with Gasteiger partial charge in [-0.2, -0.15) is 0 Å². The van der Waals surface area contributed by atoms with Gasteiger partial charge < -0.3 is 30.2 Å². The number of urea groups is 1. The summed E-state index contributed by atoms with van der Waals surface area (Å²) in [6, 6.07) is -2.37. The second-order valence-corrected chi connectivity index (χ2v) is 12.8. The number of phosphoric ester groups is 1. The fraction of sp³-hybridized carbons (Fsp3) is 0.741. The summed E-state index contributed by atoms with van der Waals surface area (Å²) in [5, 5.41) is 22.0. The summed E-state index contributed by atoms with van der Waals surface area (Å²) >= 11 is 0. The molecular weight excluding hydrogens is 640 g/mol. The molecule has 0 aromatic rings. The van der Waals surface area contributed by atoms with Gasteiger partial charge in [-0.3, -0.25) is 33.0 Å². The number of carbonyl (C=O) groups excluding carboxylic acids is 5. The Kier molecular flexibility index (Phi) is 18.3. The molecule has 0 radical (unpaired) electrons. The van der Waals surface area contributed by atoms with Crippen molar-refractivity contribution in [1.82, 2.24) is 9.80 Å². The zero-order valence-corrected chi connectivity index (χ0v) is 28.3. The van der Waals surface area contributed by atoms with Crippen LogP contribution in [0.2, 0.25) is 0 Å². The van der Waals surface area contributed by atoms with Crippen LogP contribution in [0.5, 0.6) is 0 Å². The van der Waals surface area contributed by atoms with Gasteiger partial charge in [0.1, 0.15) is 12.1 Å². The number of nitrogens with zero attached hydrogens (tertiary/aromatic N) is 2. The van der Waals surface area contributed by atoms with Gasteiger partial charge in [0, 0.05) is 13.0 Å². The molecule has 46 heavy (non-hydrogen) atoms. The number of hydrogen-bond donors (Lipinski definition) is 3. The smallest absolute Gasteiger partial charge is 0.442 e. The molecule has 0 heterocycles. The van der Waals surface area contributed by atoms with Crippen molar-refractivity contribution in [3.05, 3.63) is 12.7 Å². The number of rotatable bonds is 20. The number of ether oxygens (including phenoxy) is 3. The fourth-order valence-corrected chi connectivity index (χ4v) is 3.95. The molecule has 3 amide bonds. The van der Waals surface area contributed by atoms with Gasteiger partial charge in [0.05, 0.1) is 25.1 Å². The van der Waals surface area contributed by atoms with E-state index >= 15 is 0 Å². The summed E-state index contributed by atoms with van der Waals surface area (Å²) in [5.74, 6) is -6.67. The Balaban J connectivity index is 5.84. The van der Waals surface area contributed by atoms with Gasteiger partial charge in [-0.15, -0.1) is 0 Å². The lowest BCUT2D eigenvalue weighted by molar-refractivity contribution is -0.172. The number of aliphatic hydroxyl groups is 2. The van der Waals surface area contributed by atoms with Crippen LogP contribution in [0, 0.1) is 23.7 Å². The van der Waals surface area contributed by atoms with E-state index in [1.54, 1.807) is 13.8 Å². The molecular formula is C27H47FN3O14P. The minimum atomic E-state index is -4.78. The number of likely N-dealkylation sites (N-methyl/N-ethyl adjacent to an activating group) is 1. The predicted molar refractivity (Wildman–Crippen MR) is 157 cm³/mol. The molecule has 0 aromatic carbocycles. The minimum Gasteiger partial charge on any atom is -0.442 e. The zero-order valence-electron chi connectivity index (χ0n) is 27.4. The first kappa shape index (κ1) is 43.0. The van der Waals surface area contributed by atoms with Crippen LogP contribution in [0.1, 0.15) is 48.5 Å². The van der Waals surface area contributed by atoms with E-state index in [9.17, 15) is 43.1 Å². The Hall–Kier alpha value is -2.99. The summed E-state index contributed by atoms with van der Waals surface area (Å²) in [6.45, 7) is 8.29. The Morgan fingerprint density at radius 2 is 1.41 bits per heavy atom. The van der Waals surface area contributed by atoms with Gasteiger partial charge in [0.25, 0.3) is 5.91 Å². The molecule has 19 heteroatoms. The second-order valence-electron chi connectivity index (χ2n) is 11.1. The number of carbonyl (C=O) groups is 5. The highest BCUT2D eigenvalue weighted by atomic mass is 31.2. The molecule has 2 unspecified atom stereocenters. The van der Waals surface area contributed by atoms with Crippen LogP contribution >= 0.6 is 7.82 Å². The van der Waals surface area contributed by atoms with Crippen molar-refractivity contribution >= 4 is 37.7 Å². The quantitative estimate of drug-likeness (QED) is 0.0543. The first-order valence-corrected chi connectivity index (χ1v) is 15.6. The number of imide groups is 1. The van der Waals surface area contributed by atoms with E-state index < -0.39 is 107 Å². The minimum absolute atomic E-state index is 0.332. The second kappa shape index (κ2) is 19.6. The lowest BCUT2D eigenvalue weighted by Gasteiger charge is -2.41. The molecule has 17 nitrogen and oxygen atoms in total. The first-order valence-electron chi connectivity index (χ1n) is 14.1. The van der Waals surface area contributed by atoms with E-state index in [0.717, 1.165) is 20.0 Å². The summed E-state index contributed by atoms with van der Waals surface area (Å²) in [6.07, 6.45) is -1.46. The zero-order chi connectivity index (χ0) is 36.0. The molecule has 0 aromatic heterocycles. The Bertz CT molecular complexity index is 1070. The number of esters is 3. The van der Waals surface area contributed by atoms with Crippen LogP contribution in [0.3, 0.4) is 0 Å². The molecule has 0 bridgehead atoms. The molecule has 0 aliphatic heterocycles. The molecule has 0 rings (SSSR count). The standard InChI is InChI=1S/C27H47FN3O14P/c1-10-20(32)31(13-40-25(36)21(29)16(2)3)26(37)30(9)27(8,38)22(33)19(11-28)12-43-46(39,44-14-41-23(34)17(4)5)45-15-42-24(35)18(6)7/h10,16-19,21-22,33,38H,1,11-15,29H2,2-9H3/t19?,21?,22-,27-/m1/s1. The average Bonchev–Trinajstić information content (AvgIpc) is 2.99. The highest BCUT2D eigenvalue weighted by Crippen LogP contribution is 2.50. The number of phosphoric acid groups is 1.